The number of nitrogens with zero attached hydrogens (tertiary/aromatic N) is 1. The molecule has 5 nitrogen and oxygen atoms in total. The van der Waals surface area contributed by atoms with Crippen molar-refractivity contribution in [2.75, 3.05) is 30.8 Å². The summed E-state index contributed by atoms with van der Waals surface area (Å²) in [5.74, 6) is -0.302. The van der Waals surface area contributed by atoms with Gasteiger partial charge < -0.3 is 16.0 Å². The van der Waals surface area contributed by atoms with Crippen LogP contribution in [0.2, 0.25) is 0 Å². The maximum atomic E-state index is 12.1. The van der Waals surface area contributed by atoms with Crippen LogP contribution in [0, 0.1) is 0 Å². The average molecular weight is 295 g/mol. The number of carbonyl (C=O) groups excluding carboxylic acids is 2. The van der Waals surface area contributed by atoms with Crippen molar-refractivity contribution in [3.05, 3.63) is 10.4 Å². The van der Waals surface area contributed by atoms with E-state index in [9.17, 15) is 9.59 Å². The molecule has 1 aliphatic heterocycles. The SMILES string of the molecule is CNC(=O)c1c(N2CCCCCC2)sc(C(C)=O)c1N. The lowest BCUT2D eigenvalue weighted by Crippen LogP contribution is -2.27. The molecule has 0 aliphatic carbocycles. The van der Waals surface area contributed by atoms with Gasteiger partial charge in [0.1, 0.15) is 5.00 Å². The Morgan fingerprint density at radius 2 is 1.80 bits per heavy atom. The first-order chi connectivity index (χ1) is 9.56. The van der Waals surface area contributed by atoms with Gasteiger partial charge in [-0.1, -0.05) is 12.8 Å². The predicted molar refractivity (Wildman–Crippen MR) is 82.8 cm³/mol. The lowest BCUT2D eigenvalue weighted by atomic mass is 10.2. The minimum Gasteiger partial charge on any atom is -0.397 e. The van der Waals surface area contributed by atoms with Gasteiger partial charge in [-0.05, 0) is 12.8 Å². The van der Waals surface area contributed by atoms with Crippen molar-refractivity contribution >= 4 is 33.7 Å². The van der Waals surface area contributed by atoms with Crippen LogP contribution in [-0.4, -0.2) is 31.8 Å². The van der Waals surface area contributed by atoms with Crippen LogP contribution >= 0.6 is 11.3 Å². The second-order valence-electron chi connectivity index (χ2n) is 5.06. The van der Waals surface area contributed by atoms with Gasteiger partial charge in [0.15, 0.2) is 5.78 Å². The topological polar surface area (TPSA) is 75.4 Å². The average Bonchev–Trinajstić information content (AvgIpc) is 2.63. The highest BCUT2D eigenvalue weighted by molar-refractivity contribution is 7.19. The third-order valence-corrected chi connectivity index (χ3v) is 4.96. The second-order valence-corrected chi connectivity index (χ2v) is 6.06. The van der Waals surface area contributed by atoms with Crippen LogP contribution in [0.25, 0.3) is 0 Å². The van der Waals surface area contributed by atoms with Crippen molar-refractivity contribution in [1.29, 1.82) is 0 Å². The first-order valence-corrected chi connectivity index (χ1v) is 7.78. The molecular weight excluding hydrogens is 274 g/mol. The number of thiophene rings is 1. The van der Waals surface area contributed by atoms with E-state index in [0.29, 0.717) is 16.1 Å². The van der Waals surface area contributed by atoms with Gasteiger partial charge in [-0.15, -0.1) is 11.3 Å². The van der Waals surface area contributed by atoms with E-state index in [2.05, 4.69) is 10.2 Å². The molecule has 1 amide bonds. The standard InChI is InChI=1S/C14H21N3O2S/c1-9(18)12-11(15)10(13(19)16-2)14(20-12)17-7-5-3-4-6-8-17/h3-8,15H2,1-2H3,(H,16,19). The lowest BCUT2D eigenvalue weighted by molar-refractivity contribution is 0.0964. The van der Waals surface area contributed by atoms with Gasteiger partial charge in [0.05, 0.1) is 16.1 Å². The highest BCUT2D eigenvalue weighted by Crippen LogP contribution is 2.39. The number of nitrogens with one attached hydrogen (secondary N) is 1. The number of rotatable bonds is 3. The molecule has 1 aliphatic rings. The van der Waals surface area contributed by atoms with Crippen LogP contribution in [0.15, 0.2) is 0 Å². The normalized spacial score (nSPS) is 15.8. The molecule has 20 heavy (non-hydrogen) atoms. The summed E-state index contributed by atoms with van der Waals surface area (Å²) in [4.78, 5) is 26.5. The molecule has 1 fully saturated rings. The molecule has 3 N–H and O–H groups in total. The molecule has 1 saturated heterocycles. The number of Topliss-reactive ketones (excluding diaryl/α,β-unsaturated/α-hetero) is 1. The molecule has 0 spiro atoms. The van der Waals surface area contributed by atoms with Crippen molar-refractivity contribution in [3.8, 4) is 0 Å². The fraction of sp³-hybridized carbons (Fsp3) is 0.571. The molecule has 0 saturated carbocycles. The van der Waals surface area contributed by atoms with Gasteiger partial charge in [-0.25, -0.2) is 0 Å². The summed E-state index contributed by atoms with van der Waals surface area (Å²) < 4.78 is 0. The molecule has 1 aromatic rings. The molecule has 0 radical (unpaired) electrons. The summed E-state index contributed by atoms with van der Waals surface area (Å²) in [6.45, 7) is 3.32. The predicted octanol–water partition coefficient (Wildman–Crippen LogP) is 2.27. The smallest absolute Gasteiger partial charge is 0.256 e. The molecule has 0 aromatic carbocycles. The number of amides is 1. The summed E-state index contributed by atoms with van der Waals surface area (Å²) in [7, 11) is 1.58. The Balaban J connectivity index is 2.46. The monoisotopic (exact) mass is 295 g/mol. The number of carbonyl (C=O) groups is 2. The quantitative estimate of drug-likeness (QED) is 0.839. The van der Waals surface area contributed by atoms with Crippen LogP contribution in [0.4, 0.5) is 10.7 Å². The van der Waals surface area contributed by atoms with E-state index in [4.69, 9.17) is 5.73 Å². The van der Waals surface area contributed by atoms with Crippen molar-refractivity contribution < 1.29 is 9.59 Å². The second kappa shape index (κ2) is 6.26. The Hall–Kier alpha value is -1.56. The number of nitrogen functional groups attached to an aromatic ring is 1. The maximum absolute atomic E-state index is 12.1. The molecule has 2 rings (SSSR count). The summed E-state index contributed by atoms with van der Waals surface area (Å²) in [6, 6.07) is 0. The van der Waals surface area contributed by atoms with Gasteiger partial charge in [0, 0.05) is 27.1 Å². The summed E-state index contributed by atoms with van der Waals surface area (Å²) in [6.07, 6.45) is 4.65. The van der Waals surface area contributed by atoms with Crippen molar-refractivity contribution in [1.82, 2.24) is 5.32 Å². The summed E-state index contributed by atoms with van der Waals surface area (Å²) in [5, 5.41) is 3.46. The summed E-state index contributed by atoms with van der Waals surface area (Å²) >= 11 is 1.34. The largest absolute Gasteiger partial charge is 0.397 e. The molecule has 1 aromatic heterocycles. The summed E-state index contributed by atoms with van der Waals surface area (Å²) in [5.41, 5.74) is 6.81. The molecule has 110 valence electrons. The highest BCUT2D eigenvalue weighted by atomic mass is 32.1. The van der Waals surface area contributed by atoms with E-state index in [1.807, 2.05) is 0 Å². The highest BCUT2D eigenvalue weighted by Gasteiger charge is 2.26. The number of ketones is 1. The Bertz CT molecular complexity index is 517. The van der Waals surface area contributed by atoms with Crippen LogP contribution in [-0.2, 0) is 0 Å². The minimum absolute atomic E-state index is 0.0845. The lowest BCUT2D eigenvalue weighted by Gasteiger charge is -2.22. The van der Waals surface area contributed by atoms with Crippen LogP contribution in [0.1, 0.15) is 52.6 Å². The zero-order valence-electron chi connectivity index (χ0n) is 12.0. The third kappa shape index (κ3) is 2.80. The molecule has 0 bridgehead atoms. The number of nitrogens with two attached hydrogens (primary N) is 1. The van der Waals surface area contributed by atoms with E-state index >= 15 is 0 Å². The van der Waals surface area contributed by atoms with E-state index in [0.717, 1.165) is 30.9 Å². The number of anilines is 2. The fourth-order valence-corrected chi connectivity index (χ4v) is 3.70. The van der Waals surface area contributed by atoms with Gasteiger partial charge in [0.2, 0.25) is 0 Å². The fourth-order valence-electron chi connectivity index (χ4n) is 2.53. The van der Waals surface area contributed by atoms with Gasteiger partial charge in [0.25, 0.3) is 5.91 Å². The molecule has 6 heteroatoms. The Morgan fingerprint density at radius 1 is 1.20 bits per heavy atom. The van der Waals surface area contributed by atoms with Crippen LogP contribution < -0.4 is 16.0 Å². The van der Waals surface area contributed by atoms with E-state index in [1.165, 1.54) is 31.1 Å². The molecule has 0 unspecified atom stereocenters. The van der Waals surface area contributed by atoms with Crippen molar-refractivity contribution in [2.24, 2.45) is 0 Å². The number of hydrogen-bond acceptors (Lipinski definition) is 5. The molecular formula is C14H21N3O2S. The van der Waals surface area contributed by atoms with Crippen LogP contribution in [0.5, 0.6) is 0 Å². The van der Waals surface area contributed by atoms with Crippen LogP contribution in [0.3, 0.4) is 0 Å². The number of hydrogen-bond donors (Lipinski definition) is 2. The van der Waals surface area contributed by atoms with Gasteiger partial charge >= 0.3 is 0 Å². The minimum atomic E-state index is -0.217. The molecule has 2 heterocycles. The van der Waals surface area contributed by atoms with Crippen molar-refractivity contribution in [2.45, 2.75) is 32.6 Å². The van der Waals surface area contributed by atoms with Gasteiger partial charge in [-0.3, -0.25) is 9.59 Å². The maximum Gasteiger partial charge on any atom is 0.256 e. The van der Waals surface area contributed by atoms with Crippen molar-refractivity contribution in [3.63, 3.8) is 0 Å². The zero-order valence-corrected chi connectivity index (χ0v) is 12.8. The van der Waals surface area contributed by atoms with E-state index in [-0.39, 0.29) is 11.7 Å². The Morgan fingerprint density at radius 3 is 2.30 bits per heavy atom. The third-order valence-electron chi connectivity index (χ3n) is 3.59. The van der Waals surface area contributed by atoms with E-state index < -0.39 is 0 Å². The zero-order chi connectivity index (χ0) is 14.7. The van der Waals surface area contributed by atoms with Gasteiger partial charge in [-0.2, -0.15) is 0 Å². The molecule has 0 atom stereocenters. The van der Waals surface area contributed by atoms with E-state index in [1.54, 1.807) is 7.05 Å². The Labute approximate surface area is 123 Å². The first kappa shape index (κ1) is 14.8. The Kier molecular flexibility index (Phi) is 4.65. The first-order valence-electron chi connectivity index (χ1n) is 6.96.